The number of rotatable bonds is 6. The number of phenolic OH excluding ortho intramolecular Hbond substituents is 1. The van der Waals surface area contributed by atoms with Crippen molar-refractivity contribution in [2.24, 2.45) is 0 Å². The fourth-order valence-corrected chi connectivity index (χ4v) is 5.36. The summed E-state index contributed by atoms with van der Waals surface area (Å²) in [6.07, 6.45) is 9.52. The highest BCUT2D eigenvalue weighted by Gasteiger charge is 2.39. The lowest BCUT2D eigenvalue weighted by Gasteiger charge is -2.49. The number of piperidine rings is 2. The summed E-state index contributed by atoms with van der Waals surface area (Å²) in [5.41, 5.74) is 3.13. The smallest absolute Gasteiger partial charge is 0.124 e. The van der Waals surface area contributed by atoms with Crippen molar-refractivity contribution in [2.75, 3.05) is 13.6 Å². The Morgan fingerprint density at radius 1 is 1.09 bits per heavy atom. The van der Waals surface area contributed by atoms with Gasteiger partial charge in [0, 0.05) is 53.8 Å². The average molecular weight is 465 g/mol. The van der Waals surface area contributed by atoms with Gasteiger partial charge in [-0.1, -0.05) is 6.07 Å². The zero-order chi connectivity index (χ0) is 25.1. The van der Waals surface area contributed by atoms with Crippen LogP contribution in [0, 0.1) is 16.2 Å². The van der Waals surface area contributed by atoms with E-state index in [9.17, 15) is 5.11 Å². The third-order valence-electron chi connectivity index (χ3n) is 6.76. The maximum atomic E-state index is 10.4. The molecular formula is C27H40N6O. The summed E-state index contributed by atoms with van der Waals surface area (Å²) < 4.78 is 0. The molecule has 184 valence electrons. The zero-order valence-electron chi connectivity index (χ0n) is 21.2. The van der Waals surface area contributed by atoms with Gasteiger partial charge in [0.15, 0.2) is 0 Å². The van der Waals surface area contributed by atoms with Crippen molar-refractivity contribution >= 4 is 23.3 Å². The van der Waals surface area contributed by atoms with Gasteiger partial charge in [0.05, 0.1) is 5.71 Å². The molecule has 6 N–H and O–H groups in total. The molecule has 0 saturated carbocycles. The Balaban J connectivity index is 1.77. The highest BCUT2D eigenvalue weighted by molar-refractivity contribution is 6.14. The van der Waals surface area contributed by atoms with Gasteiger partial charge in [-0.15, -0.1) is 0 Å². The SMILES string of the molecule is CN(C(=N)/C=C\C(=N)c1cc(/C(C=N)=C2\CCCCN2)ccc1O)C1CC(C)(C)NC(C)(C)C1. The molecule has 0 spiro atoms. The Hall–Kier alpha value is -2.93. The second-order valence-electron chi connectivity index (χ2n) is 10.9. The highest BCUT2D eigenvalue weighted by Crippen LogP contribution is 2.31. The van der Waals surface area contributed by atoms with Gasteiger partial charge < -0.3 is 31.5 Å². The quantitative estimate of drug-likeness (QED) is 0.271. The van der Waals surface area contributed by atoms with Crippen molar-refractivity contribution in [3.05, 3.63) is 47.2 Å². The van der Waals surface area contributed by atoms with Crippen LogP contribution in [0.2, 0.25) is 0 Å². The van der Waals surface area contributed by atoms with Crippen molar-refractivity contribution < 1.29 is 5.11 Å². The van der Waals surface area contributed by atoms with Crippen molar-refractivity contribution in [1.29, 1.82) is 16.2 Å². The van der Waals surface area contributed by atoms with Crippen molar-refractivity contribution in [2.45, 2.75) is 76.9 Å². The van der Waals surface area contributed by atoms with E-state index in [1.807, 2.05) is 11.9 Å². The largest absolute Gasteiger partial charge is 0.507 e. The minimum atomic E-state index is -0.0160. The summed E-state index contributed by atoms with van der Waals surface area (Å²) in [5.74, 6) is 0.360. The van der Waals surface area contributed by atoms with Gasteiger partial charge in [0.25, 0.3) is 0 Å². The Labute approximate surface area is 203 Å². The Bertz CT molecular complexity index is 996. The van der Waals surface area contributed by atoms with Gasteiger partial charge in [-0.3, -0.25) is 5.41 Å². The summed E-state index contributed by atoms with van der Waals surface area (Å²) in [5, 5.41) is 42.5. The monoisotopic (exact) mass is 464 g/mol. The van der Waals surface area contributed by atoms with Crippen molar-refractivity contribution in [3.63, 3.8) is 0 Å². The van der Waals surface area contributed by atoms with E-state index in [2.05, 4.69) is 38.3 Å². The van der Waals surface area contributed by atoms with Crippen LogP contribution in [-0.4, -0.2) is 58.5 Å². The molecule has 1 aromatic rings. The van der Waals surface area contributed by atoms with Gasteiger partial charge in [0.2, 0.25) is 0 Å². The molecule has 2 fully saturated rings. The fraction of sp³-hybridized carbons (Fsp3) is 0.519. The molecule has 1 aromatic carbocycles. The van der Waals surface area contributed by atoms with Gasteiger partial charge in [0.1, 0.15) is 11.6 Å². The van der Waals surface area contributed by atoms with E-state index in [0.29, 0.717) is 11.4 Å². The van der Waals surface area contributed by atoms with Gasteiger partial charge in [-0.25, -0.2) is 0 Å². The van der Waals surface area contributed by atoms with Crippen LogP contribution >= 0.6 is 0 Å². The van der Waals surface area contributed by atoms with Crippen LogP contribution in [0.5, 0.6) is 5.75 Å². The molecular weight excluding hydrogens is 424 g/mol. The third kappa shape index (κ3) is 6.14. The third-order valence-corrected chi connectivity index (χ3v) is 6.76. The van der Waals surface area contributed by atoms with Crippen LogP contribution in [-0.2, 0) is 0 Å². The number of hydrogen-bond donors (Lipinski definition) is 6. The topological polar surface area (TPSA) is 119 Å². The first-order valence-corrected chi connectivity index (χ1v) is 12.1. The van der Waals surface area contributed by atoms with E-state index in [1.54, 1.807) is 30.4 Å². The fourth-order valence-electron chi connectivity index (χ4n) is 5.36. The summed E-state index contributed by atoms with van der Waals surface area (Å²) in [6.45, 7) is 9.68. The standard InChI is InChI=1S/C27H40N6O/c1-26(2)15-19(16-27(3,4)32-26)33(5)25(30)12-10-22(29)20-14-18(9-11-24(20)34)21(17-28)23-8-6-7-13-31-23/h9-12,14,17,19,28-32,34H,6-8,13,15-16H2,1-5H3/b12-10-,23-21+,28-17?,29-22?,30-25?. The summed E-state index contributed by atoms with van der Waals surface area (Å²) in [7, 11) is 1.94. The van der Waals surface area contributed by atoms with Crippen LogP contribution < -0.4 is 10.6 Å². The average Bonchev–Trinajstić information content (AvgIpc) is 2.77. The molecule has 0 aromatic heterocycles. The minimum Gasteiger partial charge on any atom is -0.507 e. The minimum absolute atomic E-state index is 0.0160. The highest BCUT2D eigenvalue weighted by atomic mass is 16.3. The van der Waals surface area contributed by atoms with Gasteiger partial charge >= 0.3 is 0 Å². The lowest BCUT2D eigenvalue weighted by Crippen LogP contribution is -2.62. The number of likely N-dealkylation sites (N-methyl/N-ethyl adjacent to an activating group) is 1. The number of aromatic hydroxyl groups is 1. The van der Waals surface area contributed by atoms with E-state index in [4.69, 9.17) is 16.2 Å². The number of phenols is 1. The molecule has 2 aliphatic heterocycles. The molecule has 34 heavy (non-hydrogen) atoms. The van der Waals surface area contributed by atoms with Crippen molar-refractivity contribution in [1.82, 2.24) is 15.5 Å². The number of benzene rings is 1. The maximum Gasteiger partial charge on any atom is 0.124 e. The molecule has 2 saturated heterocycles. The van der Waals surface area contributed by atoms with Gasteiger partial charge in [-0.05, 0) is 89.6 Å². The number of amidine groups is 1. The lowest BCUT2D eigenvalue weighted by atomic mass is 9.79. The Kier molecular flexibility index (Phi) is 7.66. The lowest BCUT2D eigenvalue weighted by molar-refractivity contribution is 0.114. The molecule has 0 atom stereocenters. The normalized spacial score (nSPS) is 21.6. The van der Waals surface area contributed by atoms with E-state index in [1.165, 1.54) is 6.21 Å². The number of nitrogens with one attached hydrogen (secondary N) is 5. The van der Waals surface area contributed by atoms with Crippen molar-refractivity contribution in [3.8, 4) is 5.75 Å². The summed E-state index contributed by atoms with van der Waals surface area (Å²) >= 11 is 0. The molecule has 3 rings (SSSR count). The molecule has 0 aliphatic carbocycles. The van der Waals surface area contributed by atoms with E-state index < -0.39 is 0 Å². The molecule has 0 bridgehead atoms. The Morgan fingerprint density at radius 2 is 1.76 bits per heavy atom. The first kappa shape index (κ1) is 25.7. The van der Waals surface area contributed by atoms with Crippen LogP contribution in [0.4, 0.5) is 0 Å². The Morgan fingerprint density at radius 3 is 2.35 bits per heavy atom. The molecule has 7 heteroatoms. The van der Waals surface area contributed by atoms with Crippen LogP contribution in [0.25, 0.3) is 5.57 Å². The zero-order valence-corrected chi connectivity index (χ0v) is 21.2. The first-order chi connectivity index (χ1) is 15.9. The number of hydrogen-bond acceptors (Lipinski definition) is 6. The number of allylic oxidation sites excluding steroid dienone is 3. The predicted octanol–water partition coefficient (Wildman–Crippen LogP) is 4.67. The second-order valence-corrected chi connectivity index (χ2v) is 10.9. The first-order valence-electron chi connectivity index (χ1n) is 12.1. The number of nitrogens with zero attached hydrogens (tertiary/aromatic N) is 1. The van der Waals surface area contributed by atoms with E-state index in [0.717, 1.165) is 55.5 Å². The molecule has 2 aliphatic rings. The van der Waals surface area contributed by atoms with Crippen LogP contribution in [0.1, 0.15) is 70.9 Å². The van der Waals surface area contributed by atoms with Crippen LogP contribution in [0.15, 0.2) is 36.0 Å². The molecule has 0 radical (unpaired) electrons. The van der Waals surface area contributed by atoms with Crippen LogP contribution in [0.3, 0.4) is 0 Å². The predicted molar refractivity (Wildman–Crippen MR) is 141 cm³/mol. The summed E-state index contributed by atoms with van der Waals surface area (Å²) in [4.78, 5) is 1.98. The maximum absolute atomic E-state index is 10.4. The molecule has 0 amide bonds. The van der Waals surface area contributed by atoms with E-state index in [-0.39, 0.29) is 28.6 Å². The molecule has 7 nitrogen and oxygen atoms in total. The van der Waals surface area contributed by atoms with E-state index >= 15 is 0 Å². The second kappa shape index (κ2) is 10.1. The van der Waals surface area contributed by atoms with Gasteiger partial charge in [-0.2, -0.15) is 0 Å². The summed E-state index contributed by atoms with van der Waals surface area (Å²) in [6, 6.07) is 5.35. The molecule has 0 unspecified atom stereocenters. The molecule has 2 heterocycles.